The van der Waals surface area contributed by atoms with Crippen LogP contribution in [0, 0.1) is 0 Å². The Labute approximate surface area is 164 Å². The van der Waals surface area contributed by atoms with Crippen LogP contribution in [0.3, 0.4) is 0 Å². The Kier molecular flexibility index (Phi) is 3.34. The minimum absolute atomic E-state index is 0.147. The fourth-order valence-electron chi connectivity index (χ4n) is 4.02. The molecule has 0 spiro atoms. The van der Waals surface area contributed by atoms with E-state index in [9.17, 15) is 4.79 Å². The van der Waals surface area contributed by atoms with Gasteiger partial charge >= 0.3 is 5.69 Å². The van der Waals surface area contributed by atoms with Gasteiger partial charge in [-0.3, -0.25) is 8.97 Å². The second-order valence-corrected chi connectivity index (χ2v) is 6.99. The SMILES string of the molecule is O=c1[nH]c2cnc(-c3cnc4ccccn34)nc2n1[C@@H]1CCOc2ccccc21. The third-order valence-electron chi connectivity index (χ3n) is 5.34. The van der Waals surface area contributed by atoms with Gasteiger partial charge in [-0.15, -0.1) is 0 Å². The largest absolute Gasteiger partial charge is 0.493 e. The molecule has 29 heavy (non-hydrogen) atoms. The molecule has 8 heteroatoms. The highest BCUT2D eigenvalue weighted by Gasteiger charge is 2.26. The average Bonchev–Trinajstić information content (AvgIpc) is 3.33. The molecule has 1 atom stereocenters. The minimum atomic E-state index is -0.203. The summed E-state index contributed by atoms with van der Waals surface area (Å²) in [7, 11) is 0. The minimum Gasteiger partial charge on any atom is -0.493 e. The van der Waals surface area contributed by atoms with Gasteiger partial charge in [0, 0.05) is 18.2 Å². The van der Waals surface area contributed by atoms with Gasteiger partial charge in [0.25, 0.3) is 0 Å². The van der Waals surface area contributed by atoms with Crippen LogP contribution in [-0.4, -0.2) is 35.5 Å². The van der Waals surface area contributed by atoms with Crippen molar-refractivity contribution < 1.29 is 4.74 Å². The summed E-state index contributed by atoms with van der Waals surface area (Å²) in [5, 5.41) is 0. The highest BCUT2D eigenvalue weighted by molar-refractivity contribution is 5.73. The number of nitrogens with one attached hydrogen (secondary N) is 1. The number of H-pyrrole nitrogens is 1. The second kappa shape index (κ2) is 6.03. The van der Waals surface area contributed by atoms with Crippen LogP contribution in [0.4, 0.5) is 0 Å². The van der Waals surface area contributed by atoms with Crippen LogP contribution < -0.4 is 10.4 Å². The molecule has 1 aromatic carbocycles. The predicted molar refractivity (Wildman–Crippen MR) is 107 cm³/mol. The first kappa shape index (κ1) is 16.1. The van der Waals surface area contributed by atoms with E-state index in [1.54, 1.807) is 17.0 Å². The maximum absolute atomic E-state index is 12.8. The van der Waals surface area contributed by atoms with Crippen molar-refractivity contribution >= 4 is 16.8 Å². The normalized spacial score (nSPS) is 16.1. The van der Waals surface area contributed by atoms with Gasteiger partial charge < -0.3 is 9.72 Å². The summed E-state index contributed by atoms with van der Waals surface area (Å²) in [5.74, 6) is 1.32. The molecule has 5 aromatic rings. The zero-order valence-electron chi connectivity index (χ0n) is 15.3. The van der Waals surface area contributed by atoms with Crippen molar-refractivity contribution in [1.82, 2.24) is 28.9 Å². The van der Waals surface area contributed by atoms with Crippen molar-refractivity contribution in [1.29, 1.82) is 0 Å². The summed E-state index contributed by atoms with van der Waals surface area (Å²) in [6.07, 6.45) is 6.02. The maximum atomic E-state index is 12.8. The van der Waals surface area contributed by atoms with Gasteiger partial charge in [-0.2, -0.15) is 0 Å². The highest BCUT2D eigenvalue weighted by Crippen LogP contribution is 2.35. The van der Waals surface area contributed by atoms with E-state index < -0.39 is 0 Å². The molecule has 4 aromatic heterocycles. The number of hydrogen-bond acceptors (Lipinski definition) is 5. The molecule has 0 amide bonds. The topological polar surface area (TPSA) is 90.1 Å². The molecule has 6 rings (SSSR count). The molecule has 1 aliphatic rings. The number of hydrogen-bond donors (Lipinski definition) is 1. The Balaban J connectivity index is 1.57. The quantitative estimate of drug-likeness (QED) is 0.505. The first-order valence-electron chi connectivity index (χ1n) is 9.41. The van der Waals surface area contributed by atoms with Gasteiger partial charge in [-0.1, -0.05) is 24.3 Å². The number of rotatable bonds is 2. The van der Waals surface area contributed by atoms with Gasteiger partial charge in [-0.05, 0) is 18.2 Å². The summed E-state index contributed by atoms with van der Waals surface area (Å²) < 4.78 is 9.41. The van der Waals surface area contributed by atoms with Crippen LogP contribution in [0.2, 0.25) is 0 Å². The zero-order valence-corrected chi connectivity index (χ0v) is 15.3. The van der Waals surface area contributed by atoms with E-state index in [-0.39, 0.29) is 11.7 Å². The summed E-state index contributed by atoms with van der Waals surface area (Å²) in [5.41, 5.74) is 3.55. The Bertz CT molecular complexity index is 1430. The Morgan fingerprint density at radius 3 is 2.93 bits per heavy atom. The molecular formula is C21H16N6O2. The highest BCUT2D eigenvalue weighted by atomic mass is 16.5. The van der Waals surface area contributed by atoms with Gasteiger partial charge in [0.2, 0.25) is 0 Å². The van der Waals surface area contributed by atoms with E-state index >= 15 is 0 Å². The van der Waals surface area contributed by atoms with Crippen molar-refractivity contribution in [3.05, 3.63) is 77.1 Å². The second-order valence-electron chi connectivity index (χ2n) is 6.99. The summed E-state index contributed by atoms with van der Waals surface area (Å²) in [6, 6.07) is 13.5. The molecule has 0 fully saturated rings. The first-order chi connectivity index (χ1) is 14.3. The number of fused-ring (bicyclic) bond motifs is 3. The van der Waals surface area contributed by atoms with E-state index in [1.165, 1.54) is 0 Å². The number of aromatic amines is 1. The number of nitrogens with zero attached hydrogens (tertiary/aromatic N) is 5. The van der Waals surface area contributed by atoms with Crippen molar-refractivity contribution in [2.75, 3.05) is 6.61 Å². The van der Waals surface area contributed by atoms with Gasteiger partial charge in [0.05, 0.1) is 25.0 Å². The van der Waals surface area contributed by atoms with Crippen molar-refractivity contribution in [2.24, 2.45) is 0 Å². The molecule has 1 N–H and O–H groups in total. The van der Waals surface area contributed by atoms with Crippen LogP contribution in [-0.2, 0) is 0 Å². The molecule has 142 valence electrons. The Morgan fingerprint density at radius 1 is 1.07 bits per heavy atom. The number of benzene rings is 1. The van der Waals surface area contributed by atoms with E-state index in [0.717, 1.165) is 22.7 Å². The van der Waals surface area contributed by atoms with Gasteiger partial charge in [0.15, 0.2) is 11.5 Å². The van der Waals surface area contributed by atoms with E-state index in [4.69, 9.17) is 9.72 Å². The van der Waals surface area contributed by atoms with Crippen LogP contribution in [0.25, 0.3) is 28.3 Å². The third kappa shape index (κ3) is 2.39. The van der Waals surface area contributed by atoms with E-state index in [1.807, 2.05) is 53.1 Å². The van der Waals surface area contributed by atoms with Gasteiger partial charge in [-0.25, -0.2) is 19.7 Å². The molecule has 0 radical (unpaired) electrons. The molecule has 0 bridgehead atoms. The number of para-hydroxylation sites is 1. The molecule has 5 heterocycles. The summed E-state index contributed by atoms with van der Waals surface area (Å²) in [4.78, 5) is 29.4. The molecule has 0 saturated heterocycles. The van der Waals surface area contributed by atoms with Crippen molar-refractivity contribution in [3.63, 3.8) is 0 Å². The fraction of sp³-hybridized carbons (Fsp3) is 0.143. The van der Waals surface area contributed by atoms with E-state index in [0.29, 0.717) is 30.0 Å². The Morgan fingerprint density at radius 2 is 1.97 bits per heavy atom. The number of aromatic nitrogens is 6. The number of pyridine rings is 1. The molecule has 0 saturated carbocycles. The van der Waals surface area contributed by atoms with Crippen LogP contribution in [0.1, 0.15) is 18.0 Å². The molecule has 8 nitrogen and oxygen atoms in total. The first-order valence-corrected chi connectivity index (χ1v) is 9.41. The van der Waals surface area contributed by atoms with Crippen molar-refractivity contribution in [3.8, 4) is 17.3 Å². The molecule has 1 aliphatic heterocycles. The summed E-state index contributed by atoms with van der Waals surface area (Å²) in [6.45, 7) is 0.548. The van der Waals surface area contributed by atoms with Crippen LogP contribution >= 0.6 is 0 Å². The monoisotopic (exact) mass is 384 g/mol. The Hall–Kier alpha value is -3.94. The van der Waals surface area contributed by atoms with Crippen LogP contribution in [0.5, 0.6) is 5.75 Å². The van der Waals surface area contributed by atoms with Gasteiger partial charge in [0.1, 0.15) is 22.6 Å². The average molecular weight is 384 g/mol. The predicted octanol–water partition coefficient (Wildman–Crippen LogP) is 2.81. The van der Waals surface area contributed by atoms with E-state index in [2.05, 4.69) is 15.0 Å². The lowest BCUT2D eigenvalue weighted by Crippen LogP contribution is -2.28. The van der Waals surface area contributed by atoms with Crippen molar-refractivity contribution in [2.45, 2.75) is 12.5 Å². The molecule has 0 aliphatic carbocycles. The summed E-state index contributed by atoms with van der Waals surface area (Å²) >= 11 is 0. The lowest BCUT2D eigenvalue weighted by atomic mass is 10.0. The molecular weight excluding hydrogens is 368 g/mol. The van der Waals surface area contributed by atoms with Crippen LogP contribution in [0.15, 0.2) is 65.8 Å². The maximum Gasteiger partial charge on any atom is 0.328 e. The smallest absolute Gasteiger partial charge is 0.328 e. The lowest BCUT2D eigenvalue weighted by molar-refractivity contribution is 0.256. The number of imidazole rings is 2. The standard InChI is InChI=1S/C21H16N6O2/c28-21-24-14-11-23-19(16-12-22-18-7-3-4-9-26(16)18)25-20(14)27(21)15-8-10-29-17-6-2-1-5-13(15)17/h1-7,9,11-12,15H,8,10H2,(H,24,28)/t15-/m1/s1. The third-order valence-corrected chi connectivity index (χ3v) is 5.34. The zero-order chi connectivity index (χ0) is 19.4. The number of ether oxygens (including phenoxy) is 1. The fourth-order valence-corrected chi connectivity index (χ4v) is 4.02. The molecule has 0 unspecified atom stereocenters. The lowest BCUT2D eigenvalue weighted by Gasteiger charge is -2.26.